The van der Waals surface area contributed by atoms with Crippen molar-refractivity contribution in [2.75, 3.05) is 14.2 Å². The number of hydrogen-bond donors (Lipinski definition) is 0. The molecule has 0 aliphatic carbocycles. The van der Waals surface area contributed by atoms with Crippen molar-refractivity contribution in [3.05, 3.63) is 78.8 Å². The van der Waals surface area contributed by atoms with Crippen LogP contribution in [0.5, 0.6) is 17.2 Å². The topological polar surface area (TPSA) is 80.4 Å². The van der Waals surface area contributed by atoms with Crippen LogP contribution in [0.25, 0.3) is 23.0 Å². The maximum Gasteiger partial charge on any atom is 0.336 e. The Labute approximate surface area is 185 Å². The lowest BCUT2D eigenvalue weighted by molar-refractivity contribution is -0.128. The van der Waals surface area contributed by atoms with Gasteiger partial charge in [0.2, 0.25) is 0 Å². The van der Waals surface area contributed by atoms with E-state index in [-0.39, 0.29) is 0 Å². The SMILES string of the molecule is COc1ccc(-c2nn(-c3ccccc3)cc2C=CC(=O)Oc2cnn(C)c2)cc1OC. The number of ether oxygens (including phenoxy) is 3. The van der Waals surface area contributed by atoms with Crippen LogP contribution in [0.2, 0.25) is 0 Å². The minimum absolute atomic E-state index is 0.377. The molecule has 0 spiro atoms. The van der Waals surface area contributed by atoms with Crippen LogP contribution < -0.4 is 14.2 Å². The maximum atomic E-state index is 12.3. The molecule has 0 fully saturated rings. The van der Waals surface area contributed by atoms with Crippen molar-refractivity contribution in [1.82, 2.24) is 19.6 Å². The monoisotopic (exact) mass is 430 g/mol. The third-order valence-electron chi connectivity index (χ3n) is 4.72. The van der Waals surface area contributed by atoms with Gasteiger partial charge < -0.3 is 14.2 Å². The van der Waals surface area contributed by atoms with Gasteiger partial charge in [0.25, 0.3) is 0 Å². The highest BCUT2D eigenvalue weighted by atomic mass is 16.5. The highest BCUT2D eigenvalue weighted by molar-refractivity contribution is 5.90. The highest BCUT2D eigenvalue weighted by Crippen LogP contribution is 2.33. The van der Waals surface area contributed by atoms with Crippen LogP contribution in [-0.4, -0.2) is 39.7 Å². The second-order valence-electron chi connectivity index (χ2n) is 6.89. The van der Waals surface area contributed by atoms with E-state index in [2.05, 4.69) is 5.10 Å². The van der Waals surface area contributed by atoms with Crippen LogP contribution in [-0.2, 0) is 11.8 Å². The molecule has 0 aliphatic rings. The number of hydrogen-bond acceptors (Lipinski definition) is 6. The maximum absolute atomic E-state index is 12.3. The standard InChI is InChI=1S/C24H22N4O4/c1-27-16-20(14-25-27)32-23(29)12-10-18-15-28(19-7-5-4-6-8-19)26-24(18)17-9-11-21(30-2)22(13-17)31-3/h4-16H,1-3H3. The van der Waals surface area contributed by atoms with E-state index in [1.807, 2.05) is 54.7 Å². The molecular formula is C24H22N4O4. The van der Waals surface area contributed by atoms with Crippen LogP contribution in [0.1, 0.15) is 5.56 Å². The Morgan fingerprint density at radius 2 is 1.78 bits per heavy atom. The minimum Gasteiger partial charge on any atom is -0.493 e. The summed E-state index contributed by atoms with van der Waals surface area (Å²) in [7, 11) is 4.92. The number of aryl methyl sites for hydroxylation is 1. The summed E-state index contributed by atoms with van der Waals surface area (Å²) >= 11 is 0. The summed E-state index contributed by atoms with van der Waals surface area (Å²) in [4.78, 5) is 12.3. The van der Waals surface area contributed by atoms with Gasteiger partial charge in [0.1, 0.15) is 5.69 Å². The molecular weight excluding hydrogens is 408 g/mol. The average Bonchev–Trinajstić information content (AvgIpc) is 3.43. The van der Waals surface area contributed by atoms with E-state index in [4.69, 9.17) is 19.3 Å². The minimum atomic E-state index is -0.510. The van der Waals surface area contributed by atoms with Crippen molar-refractivity contribution in [1.29, 1.82) is 0 Å². The molecule has 2 heterocycles. The Morgan fingerprint density at radius 3 is 2.47 bits per heavy atom. The molecule has 8 nitrogen and oxygen atoms in total. The van der Waals surface area contributed by atoms with Crippen molar-refractivity contribution in [3.63, 3.8) is 0 Å². The van der Waals surface area contributed by atoms with Crippen LogP contribution in [0.4, 0.5) is 0 Å². The fourth-order valence-corrected chi connectivity index (χ4v) is 3.19. The molecule has 0 unspecified atom stereocenters. The van der Waals surface area contributed by atoms with Crippen molar-refractivity contribution in [2.45, 2.75) is 0 Å². The summed E-state index contributed by atoms with van der Waals surface area (Å²) in [5.74, 6) is 1.08. The molecule has 2 aromatic carbocycles. The van der Waals surface area contributed by atoms with Crippen molar-refractivity contribution < 1.29 is 19.0 Å². The molecule has 0 bridgehead atoms. The summed E-state index contributed by atoms with van der Waals surface area (Å²) in [6, 6.07) is 15.3. The molecule has 2 aromatic heterocycles. The number of methoxy groups -OCH3 is 2. The molecule has 0 aliphatic heterocycles. The largest absolute Gasteiger partial charge is 0.493 e. The molecule has 32 heavy (non-hydrogen) atoms. The van der Waals surface area contributed by atoms with E-state index >= 15 is 0 Å². The summed E-state index contributed by atoms with van der Waals surface area (Å²) in [5.41, 5.74) is 3.13. The lowest BCUT2D eigenvalue weighted by Gasteiger charge is -2.09. The van der Waals surface area contributed by atoms with Gasteiger partial charge >= 0.3 is 5.97 Å². The Hall–Kier alpha value is -4.33. The van der Waals surface area contributed by atoms with E-state index in [9.17, 15) is 4.79 Å². The third-order valence-corrected chi connectivity index (χ3v) is 4.72. The summed E-state index contributed by atoms with van der Waals surface area (Å²) in [5, 5.41) is 8.74. The molecule has 4 aromatic rings. The van der Waals surface area contributed by atoms with Gasteiger partial charge in [0, 0.05) is 30.4 Å². The Bertz CT molecular complexity index is 1260. The summed E-state index contributed by atoms with van der Waals surface area (Å²) in [6.45, 7) is 0. The second kappa shape index (κ2) is 9.22. The molecule has 0 radical (unpaired) electrons. The molecule has 0 N–H and O–H groups in total. The van der Waals surface area contributed by atoms with E-state index in [0.717, 1.165) is 16.8 Å². The van der Waals surface area contributed by atoms with Crippen LogP contribution in [0, 0.1) is 0 Å². The van der Waals surface area contributed by atoms with E-state index in [1.54, 1.807) is 42.9 Å². The predicted octanol–water partition coefficient (Wildman–Crippen LogP) is 3.91. The first-order chi connectivity index (χ1) is 15.6. The Kier molecular flexibility index (Phi) is 6.03. The van der Waals surface area contributed by atoms with Crippen molar-refractivity contribution in [2.24, 2.45) is 7.05 Å². The van der Waals surface area contributed by atoms with Crippen LogP contribution >= 0.6 is 0 Å². The van der Waals surface area contributed by atoms with Gasteiger partial charge in [0.05, 0.1) is 32.3 Å². The fourth-order valence-electron chi connectivity index (χ4n) is 3.19. The number of para-hydroxylation sites is 1. The second-order valence-corrected chi connectivity index (χ2v) is 6.89. The molecule has 0 amide bonds. The first-order valence-corrected chi connectivity index (χ1v) is 9.83. The van der Waals surface area contributed by atoms with Gasteiger partial charge in [-0.25, -0.2) is 9.48 Å². The first kappa shape index (κ1) is 20.9. The fraction of sp³-hybridized carbons (Fsp3) is 0.125. The number of carbonyl (C=O) groups excluding carboxylic acids is 1. The summed E-state index contributed by atoms with van der Waals surface area (Å²) < 4.78 is 19.4. The number of esters is 1. The molecule has 0 saturated heterocycles. The zero-order chi connectivity index (χ0) is 22.5. The zero-order valence-corrected chi connectivity index (χ0v) is 17.9. The van der Waals surface area contributed by atoms with E-state index in [1.165, 1.54) is 12.3 Å². The van der Waals surface area contributed by atoms with Crippen molar-refractivity contribution >= 4 is 12.0 Å². The number of benzene rings is 2. The molecule has 162 valence electrons. The van der Waals surface area contributed by atoms with Gasteiger partial charge in [-0.15, -0.1) is 0 Å². The zero-order valence-electron chi connectivity index (χ0n) is 17.9. The smallest absolute Gasteiger partial charge is 0.336 e. The number of aromatic nitrogens is 4. The van der Waals surface area contributed by atoms with Crippen LogP contribution in [0.15, 0.2) is 73.2 Å². The molecule has 0 atom stereocenters. The quantitative estimate of drug-likeness (QED) is 0.327. The molecule has 8 heteroatoms. The van der Waals surface area contributed by atoms with E-state index < -0.39 is 5.97 Å². The van der Waals surface area contributed by atoms with Crippen LogP contribution in [0.3, 0.4) is 0 Å². The van der Waals surface area contributed by atoms with Gasteiger partial charge in [-0.2, -0.15) is 10.2 Å². The lowest BCUT2D eigenvalue weighted by atomic mass is 10.1. The van der Waals surface area contributed by atoms with E-state index in [0.29, 0.717) is 22.9 Å². The number of rotatable bonds is 7. The normalized spacial score (nSPS) is 11.0. The first-order valence-electron chi connectivity index (χ1n) is 9.83. The molecule has 4 rings (SSSR count). The Morgan fingerprint density at radius 1 is 1.00 bits per heavy atom. The number of nitrogens with zero attached hydrogens (tertiary/aromatic N) is 4. The predicted molar refractivity (Wildman–Crippen MR) is 120 cm³/mol. The number of carbonyl (C=O) groups is 1. The summed E-state index contributed by atoms with van der Waals surface area (Å²) in [6.07, 6.45) is 8.00. The van der Waals surface area contributed by atoms with Gasteiger partial charge in [-0.3, -0.25) is 4.68 Å². The Balaban J connectivity index is 1.70. The third kappa shape index (κ3) is 4.54. The van der Waals surface area contributed by atoms with Gasteiger partial charge in [0.15, 0.2) is 17.2 Å². The highest BCUT2D eigenvalue weighted by Gasteiger charge is 2.14. The van der Waals surface area contributed by atoms with Crippen molar-refractivity contribution in [3.8, 4) is 34.2 Å². The average molecular weight is 430 g/mol. The van der Waals surface area contributed by atoms with Gasteiger partial charge in [-0.05, 0) is 36.4 Å². The lowest BCUT2D eigenvalue weighted by Crippen LogP contribution is -2.02. The molecule has 0 saturated carbocycles. The van der Waals surface area contributed by atoms with Gasteiger partial charge in [-0.1, -0.05) is 18.2 Å².